The van der Waals surface area contributed by atoms with Crippen LogP contribution in [0.5, 0.6) is 0 Å². The molecule has 0 radical (unpaired) electrons. The molecule has 0 spiro atoms. The lowest BCUT2D eigenvalue weighted by atomic mass is 10.1. The third-order valence-electron chi connectivity index (χ3n) is 3.73. The number of nitrogens with one attached hydrogen (secondary N) is 1. The highest BCUT2D eigenvalue weighted by molar-refractivity contribution is 5.81. The predicted molar refractivity (Wildman–Crippen MR) is 85.2 cm³/mol. The molecule has 2 rings (SSSR count). The van der Waals surface area contributed by atoms with Gasteiger partial charge in [0.05, 0.1) is 24.9 Å². The summed E-state index contributed by atoms with van der Waals surface area (Å²) in [6.45, 7) is 4.21. The van der Waals surface area contributed by atoms with Gasteiger partial charge in [-0.25, -0.2) is 9.59 Å². The number of benzene rings is 1. The van der Waals surface area contributed by atoms with Crippen molar-refractivity contribution in [3.63, 3.8) is 0 Å². The second-order valence-electron chi connectivity index (χ2n) is 6.08. The molecular weight excluding hydrogens is 314 g/mol. The zero-order valence-electron chi connectivity index (χ0n) is 13.9. The molecular formula is C17H23NO6. The molecule has 0 aliphatic carbocycles. The number of hydrogen-bond acceptors (Lipinski definition) is 6. The van der Waals surface area contributed by atoms with Gasteiger partial charge in [-0.2, -0.15) is 0 Å². The fourth-order valence-electron chi connectivity index (χ4n) is 1.99. The molecule has 2 N–H and O–H groups in total. The predicted octanol–water partition coefficient (Wildman–Crippen LogP) is 1.38. The first-order valence-corrected chi connectivity index (χ1v) is 7.85. The third-order valence-corrected chi connectivity index (χ3v) is 3.73. The van der Waals surface area contributed by atoms with Crippen molar-refractivity contribution in [1.29, 1.82) is 0 Å². The maximum absolute atomic E-state index is 12.0. The second-order valence-corrected chi connectivity index (χ2v) is 6.08. The molecule has 1 aliphatic rings. The van der Waals surface area contributed by atoms with E-state index in [-0.39, 0.29) is 18.8 Å². The minimum Gasteiger partial charge on any atom is -0.464 e. The van der Waals surface area contributed by atoms with E-state index in [4.69, 9.17) is 14.2 Å². The van der Waals surface area contributed by atoms with Gasteiger partial charge in [-0.05, 0) is 19.4 Å². The minimum absolute atomic E-state index is 0.0734. The zero-order chi connectivity index (χ0) is 17.6. The Labute approximate surface area is 140 Å². The molecule has 1 heterocycles. The number of alkyl carbamates (subject to hydrolysis) is 1. The first kappa shape index (κ1) is 18.2. The second kappa shape index (κ2) is 8.12. The number of aliphatic hydroxyl groups is 1. The maximum Gasteiger partial charge on any atom is 0.408 e. The lowest BCUT2D eigenvalue weighted by Gasteiger charge is -2.20. The molecule has 24 heavy (non-hydrogen) atoms. The van der Waals surface area contributed by atoms with Gasteiger partial charge in [0.15, 0.2) is 6.04 Å². The lowest BCUT2D eigenvalue weighted by Crippen LogP contribution is -2.48. The molecule has 1 aromatic carbocycles. The average Bonchev–Trinajstić information content (AvgIpc) is 3.28. The Balaban J connectivity index is 1.76. The van der Waals surface area contributed by atoms with Gasteiger partial charge in [-0.15, -0.1) is 0 Å². The molecule has 1 fully saturated rings. The standard InChI is InChI=1S/C17H23NO6/c1-12(19)14(15(20)22-9-8-17(2)11-24-17)18-16(21)23-10-13-6-4-3-5-7-13/h3-7,12,14,19H,8-11H2,1-2H3,(H,18,21)/t12?,14-,17?/m0/s1. The first-order valence-electron chi connectivity index (χ1n) is 7.85. The average molecular weight is 337 g/mol. The quantitative estimate of drug-likeness (QED) is 0.549. The summed E-state index contributed by atoms with van der Waals surface area (Å²) >= 11 is 0. The molecule has 7 heteroatoms. The van der Waals surface area contributed by atoms with E-state index in [2.05, 4.69) is 5.32 Å². The van der Waals surface area contributed by atoms with Gasteiger partial charge < -0.3 is 24.6 Å². The number of carbonyl (C=O) groups excluding carboxylic acids is 2. The molecule has 1 saturated heterocycles. The third kappa shape index (κ3) is 5.82. The summed E-state index contributed by atoms with van der Waals surface area (Å²) in [4.78, 5) is 23.8. The summed E-state index contributed by atoms with van der Waals surface area (Å²) in [6.07, 6.45) is -1.32. The number of ether oxygens (including phenoxy) is 3. The lowest BCUT2D eigenvalue weighted by molar-refractivity contribution is -0.149. The van der Waals surface area contributed by atoms with Crippen molar-refractivity contribution in [2.75, 3.05) is 13.2 Å². The Bertz CT molecular complexity index is 555. The molecule has 1 aliphatic heterocycles. The van der Waals surface area contributed by atoms with Gasteiger partial charge in [-0.3, -0.25) is 0 Å². The van der Waals surface area contributed by atoms with E-state index in [9.17, 15) is 14.7 Å². The van der Waals surface area contributed by atoms with E-state index < -0.39 is 24.2 Å². The van der Waals surface area contributed by atoms with Crippen LogP contribution in [0.25, 0.3) is 0 Å². The van der Waals surface area contributed by atoms with Gasteiger partial charge >= 0.3 is 12.1 Å². The minimum atomic E-state index is -1.18. The van der Waals surface area contributed by atoms with Crippen molar-refractivity contribution in [3.05, 3.63) is 35.9 Å². The highest BCUT2D eigenvalue weighted by Gasteiger charge is 2.39. The van der Waals surface area contributed by atoms with Crippen LogP contribution in [0, 0.1) is 0 Å². The molecule has 0 bridgehead atoms. The van der Waals surface area contributed by atoms with E-state index in [0.717, 1.165) is 5.56 Å². The Morgan fingerprint density at radius 1 is 1.33 bits per heavy atom. The van der Waals surface area contributed by atoms with Crippen molar-refractivity contribution < 1.29 is 28.9 Å². The zero-order valence-corrected chi connectivity index (χ0v) is 13.9. The number of epoxide rings is 1. The van der Waals surface area contributed by atoms with E-state index in [0.29, 0.717) is 13.0 Å². The molecule has 1 amide bonds. The fraction of sp³-hybridized carbons (Fsp3) is 0.529. The largest absolute Gasteiger partial charge is 0.464 e. The topological polar surface area (TPSA) is 97.4 Å². The normalized spacial score (nSPS) is 21.5. The maximum atomic E-state index is 12.0. The summed E-state index contributed by atoms with van der Waals surface area (Å²) < 4.78 is 15.3. The van der Waals surface area contributed by atoms with Crippen LogP contribution in [0.1, 0.15) is 25.8 Å². The van der Waals surface area contributed by atoms with Crippen LogP contribution < -0.4 is 5.32 Å². The molecule has 1 aromatic rings. The summed E-state index contributed by atoms with van der Waals surface area (Å²) in [5.74, 6) is -0.703. The van der Waals surface area contributed by atoms with E-state index in [1.54, 1.807) is 0 Å². The summed E-state index contributed by atoms with van der Waals surface area (Å²) in [6, 6.07) is 7.97. The molecule has 0 saturated carbocycles. The van der Waals surface area contributed by atoms with Crippen LogP contribution in [-0.2, 0) is 25.6 Å². The monoisotopic (exact) mass is 337 g/mol. The van der Waals surface area contributed by atoms with Crippen molar-refractivity contribution in [2.24, 2.45) is 0 Å². The van der Waals surface area contributed by atoms with E-state index in [1.165, 1.54) is 6.92 Å². The van der Waals surface area contributed by atoms with E-state index >= 15 is 0 Å². The van der Waals surface area contributed by atoms with E-state index in [1.807, 2.05) is 37.3 Å². The molecule has 3 atom stereocenters. The highest BCUT2D eigenvalue weighted by atomic mass is 16.6. The van der Waals surface area contributed by atoms with Crippen LogP contribution in [0.4, 0.5) is 4.79 Å². The molecule has 132 valence electrons. The van der Waals surface area contributed by atoms with Crippen LogP contribution in [0.2, 0.25) is 0 Å². The van der Waals surface area contributed by atoms with Gasteiger partial charge in [0.2, 0.25) is 0 Å². The van der Waals surface area contributed by atoms with Gasteiger partial charge in [-0.1, -0.05) is 30.3 Å². The number of hydrogen-bond donors (Lipinski definition) is 2. The Morgan fingerprint density at radius 2 is 2.00 bits per heavy atom. The number of aliphatic hydroxyl groups excluding tert-OH is 1. The highest BCUT2D eigenvalue weighted by Crippen LogP contribution is 2.29. The van der Waals surface area contributed by atoms with Crippen molar-refractivity contribution >= 4 is 12.1 Å². The van der Waals surface area contributed by atoms with Crippen LogP contribution >= 0.6 is 0 Å². The Hall–Kier alpha value is -2.12. The molecule has 0 aromatic heterocycles. The van der Waals surface area contributed by atoms with Crippen molar-refractivity contribution in [2.45, 2.75) is 44.6 Å². The fourth-order valence-corrected chi connectivity index (χ4v) is 1.99. The first-order chi connectivity index (χ1) is 11.4. The van der Waals surface area contributed by atoms with Gasteiger partial charge in [0, 0.05) is 6.42 Å². The summed E-state index contributed by atoms with van der Waals surface area (Å²) in [5.41, 5.74) is 0.601. The number of rotatable bonds is 8. The number of amides is 1. The van der Waals surface area contributed by atoms with Gasteiger partial charge in [0.1, 0.15) is 6.61 Å². The summed E-state index contributed by atoms with van der Waals surface area (Å²) in [5, 5.41) is 12.0. The van der Waals surface area contributed by atoms with Crippen LogP contribution in [-0.4, -0.2) is 48.1 Å². The molecule has 2 unspecified atom stereocenters. The van der Waals surface area contributed by atoms with Gasteiger partial charge in [0.25, 0.3) is 0 Å². The van der Waals surface area contributed by atoms with Crippen molar-refractivity contribution in [3.8, 4) is 0 Å². The Morgan fingerprint density at radius 3 is 2.58 bits per heavy atom. The smallest absolute Gasteiger partial charge is 0.408 e. The Kier molecular flexibility index (Phi) is 6.16. The van der Waals surface area contributed by atoms with Crippen LogP contribution in [0.3, 0.4) is 0 Å². The molecule has 7 nitrogen and oxygen atoms in total. The summed E-state index contributed by atoms with van der Waals surface area (Å²) in [7, 11) is 0. The van der Waals surface area contributed by atoms with Crippen molar-refractivity contribution in [1.82, 2.24) is 5.32 Å². The number of carbonyl (C=O) groups is 2. The SMILES string of the molecule is CC(O)[C@H](NC(=O)OCc1ccccc1)C(=O)OCCC1(C)CO1. The number of esters is 1. The van der Waals surface area contributed by atoms with Crippen LogP contribution in [0.15, 0.2) is 30.3 Å².